The van der Waals surface area contributed by atoms with Crippen molar-refractivity contribution in [3.63, 3.8) is 0 Å². The zero-order chi connectivity index (χ0) is 12.0. The molecule has 1 unspecified atom stereocenters. The summed E-state index contributed by atoms with van der Waals surface area (Å²) in [6.07, 6.45) is 3.68. The predicted octanol–water partition coefficient (Wildman–Crippen LogP) is 4.49. The van der Waals surface area contributed by atoms with E-state index in [1.54, 1.807) is 0 Å². The van der Waals surface area contributed by atoms with Crippen LogP contribution in [0.4, 0.5) is 0 Å². The fourth-order valence-electron chi connectivity index (χ4n) is 2.01. The van der Waals surface area contributed by atoms with Crippen molar-refractivity contribution in [2.75, 3.05) is 6.54 Å². The van der Waals surface area contributed by atoms with Crippen molar-refractivity contribution in [1.82, 2.24) is 5.32 Å². The average molecular weight is 240 g/mol. The first-order valence-electron chi connectivity index (χ1n) is 6.17. The van der Waals surface area contributed by atoms with Gasteiger partial charge in [0.25, 0.3) is 0 Å². The molecule has 0 heterocycles. The first-order valence-corrected chi connectivity index (χ1v) is 6.55. The lowest BCUT2D eigenvalue weighted by molar-refractivity contribution is 0.494. The Morgan fingerprint density at radius 2 is 2.00 bits per heavy atom. The molecule has 1 N–H and O–H groups in total. The molecule has 1 aromatic carbocycles. The Labute approximate surface area is 104 Å². The van der Waals surface area contributed by atoms with Crippen molar-refractivity contribution < 1.29 is 0 Å². The maximum absolute atomic E-state index is 6.10. The Bertz CT molecular complexity index is 302. The van der Waals surface area contributed by atoms with Crippen LogP contribution in [0.3, 0.4) is 0 Å². The highest BCUT2D eigenvalue weighted by atomic mass is 35.5. The number of hydrogen-bond donors (Lipinski definition) is 1. The molecule has 1 atom stereocenters. The van der Waals surface area contributed by atoms with E-state index in [2.05, 4.69) is 38.2 Å². The number of nitrogens with one attached hydrogen (secondary N) is 1. The zero-order valence-electron chi connectivity index (χ0n) is 10.5. The van der Waals surface area contributed by atoms with Gasteiger partial charge in [-0.2, -0.15) is 0 Å². The number of benzene rings is 1. The normalized spacial score (nSPS) is 12.8. The van der Waals surface area contributed by atoms with E-state index >= 15 is 0 Å². The molecule has 0 saturated carbocycles. The van der Waals surface area contributed by atoms with Crippen LogP contribution in [-0.2, 0) is 0 Å². The first kappa shape index (κ1) is 13.5. The first-order chi connectivity index (χ1) is 7.67. The standard InChI is InChI=1S/C14H22ClN/c1-4-6-7-14(16-5-2)12-8-11(3)9-13(15)10-12/h8-10,14,16H,4-7H2,1-3H3. The minimum atomic E-state index is 0.447. The van der Waals surface area contributed by atoms with Gasteiger partial charge in [0, 0.05) is 11.1 Å². The largest absolute Gasteiger partial charge is 0.310 e. The highest BCUT2D eigenvalue weighted by Crippen LogP contribution is 2.24. The number of unbranched alkanes of at least 4 members (excludes halogenated alkanes) is 1. The minimum Gasteiger partial charge on any atom is -0.310 e. The maximum atomic E-state index is 6.10. The minimum absolute atomic E-state index is 0.447. The van der Waals surface area contributed by atoms with Crippen molar-refractivity contribution in [2.24, 2.45) is 0 Å². The Morgan fingerprint density at radius 3 is 2.56 bits per heavy atom. The monoisotopic (exact) mass is 239 g/mol. The van der Waals surface area contributed by atoms with E-state index in [1.165, 1.54) is 30.4 Å². The van der Waals surface area contributed by atoms with Gasteiger partial charge in [-0.05, 0) is 43.1 Å². The summed E-state index contributed by atoms with van der Waals surface area (Å²) in [7, 11) is 0. The van der Waals surface area contributed by atoms with Crippen LogP contribution in [0.25, 0.3) is 0 Å². The van der Waals surface area contributed by atoms with Crippen LogP contribution >= 0.6 is 11.6 Å². The molecule has 0 amide bonds. The summed E-state index contributed by atoms with van der Waals surface area (Å²) in [5.41, 5.74) is 2.56. The molecule has 1 aromatic rings. The highest BCUT2D eigenvalue weighted by Gasteiger charge is 2.10. The molecule has 0 saturated heterocycles. The van der Waals surface area contributed by atoms with E-state index in [9.17, 15) is 0 Å². The molecular weight excluding hydrogens is 218 g/mol. The van der Waals surface area contributed by atoms with Gasteiger partial charge in [-0.3, -0.25) is 0 Å². The van der Waals surface area contributed by atoms with Crippen molar-refractivity contribution in [3.05, 3.63) is 34.3 Å². The molecule has 0 bridgehead atoms. The summed E-state index contributed by atoms with van der Waals surface area (Å²) in [6.45, 7) is 7.47. The van der Waals surface area contributed by atoms with Gasteiger partial charge in [0.2, 0.25) is 0 Å². The van der Waals surface area contributed by atoms with Gasteiger partial charge in [0.1, 0.15) is 0 Å². The van der Waals surface area contributed by atoms with Gasteiger partial charge in [0.05, 0.1) is 0 Å². The van der Waals surface area contributed by atoms with Gasteiger partial charge in [0.15, 0.2) is 0 Å². The van der Waals surface area contributed by atoms with Gasteiger partial charge in [-0.25, -0.2) is 0 Å². The number of hydrogen-bond acceptors (Lipinski definition) is 1. The molecule has 0 radical (unpaired) electrons. The van der Waals surface area contributed by atoms with Crippen molar-refractivity contribution in [1.29, 1.82) is 0 Å². The van der Waals surface area contributed by atoms with Crippen LogP contribution in [-0.4, -0.2) is 6.54 Å². The lowest BCUT2D eigenvalue weighted by Crippen LogP contribution is -2.20. The Morgan fingerprint density at radius 1 is 1.25 bits per heavy atom. The fraction of sp³-hybridized carbons (Fsp3) is 0.571. The number of aryl methyl sites for hydroxylation is 1. The lowest BCUT2D eigenvalue weighted by atomic mass is 9.99. The number of halogens is 1. The van der Waals surface area contributed by atoms with Crippen LogP contribution in [0.2, 0.25) is 5.02 Å². The zero-order valence-corrected chi connectivity index (χ0v) is 11.3. The molecule has 0 aliphatic heterocycles. The molecule has 0 aromatic heterocycles. The second-order valence-electron chi connectivity index (χ2n) is 4.31. The second-order valence-corrected chi connectivity index (χ2v) is 4.75. The van der Waals surface area contributed by atoms with Crippen LogP contribution < -0.4 is 5.32 Å². The Kier molecular flexibility index (Phi) is 5.86. The summed E-state index contributed by atoms with van der Waals surface area (Å²) in [5.74, 6) is 0. The average Bonchev–Trinajstić information content (AvgIpc) is 2.22. The third kappa shape index (κ3) is 4.15. The number of rotatable bonds is 6. The van der Waals surface area contributed by atoms with Gasteiger partial charge >= 0.3 is 0 Å². The van der Waals surface area contributed by atoms with E-state index < -0.39 is 0 Å². The molecule has 2 heteroatoms. The second kappa shape index (κ2) is 6.93. The smallest absolute Gasteiger partial charge is 0.0411 e. The highest BCUT2D eigenvalue weighted by molar-refractivity contribution is 6.30. The van der Waals surface area contributed by atoms with Crippen LogP contribution in [0, 0.1) is 6.92 Å². The van der Waals surface area contributed by atoms with Gasteiger partial charge in [-0.15, -0.1) is 0 Å². The maximum Gasteiger partial charge on any atom is 0.0411 e. The summed E-state index contributed by atoms with van der Waals surface area (Å²) in [6, 6.07) is 6.77. The summed E-state index contributed by atoms with van der Waals surface area (Å²) >= 11 is 6.10. The lowest BCUT2D eigenvalue weighted by Gasteiger charge is -2.19. The SMILES string of the molecule is CCCCC(NCC)c1cc(C)cc(Cl)c1. The molecule has 90 valence electrons. The third-order valence-corrected chi connectivity index (χ3v) is 2.98. The van der Waals surface area contributed by atoms with Crippen LogP contribution in [0.5, 0.6) is 0 Å². The van der Waals surface area contributed by atoms with E-state index in [4.69, 9.17) is 11.6 Å². The van der Waals surface area contributed by atoms with Crippen LogP contribution in [0.1, 0.15) is 50.3 Å². The van der Waals surface area contributed by atoms with Crippen molar-refractivity contribution in [3.8, 4) is 0 Å². The Balaban J connectivity index is 2.82. The molecule has 0 spiro atoms. The van der Waals surface area contributed by atoms with Gasteiger partial charge in [-0.1, -0.05) is 44.4 Å². The van der Waals surface area contributed by atoms with E-state index in [0.29, 0.717) is 6.04 Å². The van der Waals surface area contributed by atoms with E-state index in [0.717, 1.165) is 11.6 Å². The molecule has 1 rings (SSSR count). The van der Waals surface area contributed by atoms with E-state index in [1.807, 2.05) is 6.07 Å². The molecule has 0 aliphatic rings. The quantitative estimate of drug-likeness (QED) is 0.771. The van der Waals surface area contributed by atoms with E-state index in [-0.39, 0.29) is 0 Å². The third-order valence-electron chi connectivity index (χ3n) is 2.76. The topological polar surface area (TPSA) is 12.0 Å². The molecule has 0 fully saturated rings. The summed E-state index contributed by atoms with van der Waals surface area (Å²) in [5, 5.41) is 4.37. The van der Waals surface area contributed by atoms with Gasteiger partial charge < -0.3 is 5.32 Å². The van der Waals surface area contributed by atoms with Crippen LogP contribution in [0.15, 0.2) is 18.2 Å². The molecule has 0 aliphatic carbocycles. The predicted molar refractivity (Wildman–Crippen MR) is 72.1 cm³/mol. The summed E-state index contributed by atoms with van der Waals surface area (Å²) in [4.78, 5) is 0. The molecule has 16 heavy (non-hydrogen) atoms. The molecular formula is C14H22ClN. The fourth-order valence-corrected chi connectivity index (χ4v) is 2.31. The Hall–Kier alpha value is -0.530. The van der Waals surface area contributed by atoms with Crippen molar-refractivity contribution >= 4 is 11.6 Å². The molecule has 1 nitrogen and oxygen atoms in total. The van der Waals surface area contributed by atoms with Crippen molar-refractivity contribution in [2.45, 2.75) is 46.1 Å². The summed E-state index contributed by atoms with van der Waals surface area (Å²) < 4.78 is 0.